The summed E-state index contributed by atoms with van der Waals surface area (Å²) in [4.78, 5) is 12.0. The third-order valence-corrected chi connectivity index (χ3v) is 4.34. The van der Waals surface area contributed by atoms with Gasteiger partial charge in [-0.15, -0.1) is 0 Å². The maximum atomic E-state index is 12.0. The molecule has 19 heavy (non-hydrogen) atoms. The highest BCUT2D eigenvalue weighted by Crippen LogP contribution is 2.07. The fourth-order valence-electron chi connectivity index (χ4n) is 1.58. The first-order valence-electron chi connectivity index (χ1n) is 6.30. The molecule has 0 radical (unpaired) electrons. The quantitative estimate of drug-likeness (QED) is 0.740. The summed E-state index contributed by atoms with van der Waals surface area (Å²) in [6.45, 7) is 5.41. The average molecular weight is 286 g/mol. The van der Waals surface area contributed by atoms with Gasteiger partial charge in [0.15, 0.2) is 0 Å². The van der Waals surface area contributed by atoms with Crippen molar-refractivity contribution in [2.75, 3.05) is 19.3 Å². The first-order valence-corrected chi connectivity index (χ1v) is 7.92. The van der Waals surface area contributed by atoms with Crippen LogP contribution in [0.1, 0.15) is 29.4 Å². The number of carbonyl (C=O) groups is 1. The molecule has 0 bridgehead atoms. The lowest BCUT2D eigenvalue weighted by Gasteiger charge is -2.10. The van der Waals surface area contributed by atoms with E-state index in [0.29, 0.717) is 25.2 Å². The van der Waals surface area contributed by atoms with Crippen molar-refractivity contribution >= 4 is 16.7 Å². The molecule has 1 rings (SSSR count). The zero-order chi connectivity index (χ0) is 14.4. The molecule has 0 saturated heterocycles. The Bertz CT molecular complexity index is 459. The van der Waals surface area contributed by atoms with Gasteiger partial charge < -0.3 is 11.1 Å². The van der Waals surface area contributed by atoms with Crippen molar-refractivity contribution in [2.45, 2.75) is 32.1 Å². The fraction of sp³-hybridized carbons (Fsp3) is 0.667. The highest BCUT2D eigenvalue weighted by atomic mass is 32.2. The van der Waals surface area contributed by atoms with E-state index in [2.05, 4.69) is 10.4 Å². The lowest BCUT2D eigenvalue weighted by atomic mass is 10.2. The van der Waals surface area contributed by atoms with Gasteiger partial charge in [0.2, 0.25) is 0 Å². The lowest BCUT2D eigenvalue weighted by molar-refractivity contribution is 0.0953. The molecule has 0 aliphatic heterocycles. The SMILES string of the molecule is Cc1c(C(=O)NCC(C)S(C)=O)cnn1CCCN. The number of hydrogen-bond acceptors (Lipinski definition) is 4. The third kappa shape index (κ3) is 4.43. The average Bonchev–Trinajstić information content (AvgIpc) is 2.74. The van der Waals surface area contributed by atoms with Crippen LogP contribution < -0.4 is 11.1 Å². The van der Waals surface area contributed by atoms with E-state index in [1.54, 1.807) is 17.1 Å². The van der Waals surface area contributed by atoms with Crippen molar-refractivity contribution in [2.24, 2.45) is 5.73 Å². The van der Waals surface area contributed by atoms with E-state index in [1.165, 1.54) is 0 Å². The summed E-state index contributed by atoms with van der Waals surface area (Å²) in [6, 6.07) is 0. The van der Waals surface area contributed by atoms with Gasteiger partial charge in [-0.25, -0.2) is 0 Å². The molecule has 0 aromatic carbocycles. The van der Waals surface area contributed by atoms with Gasteiger partial charge in [-0.05, 0) is 26.8 Å². The largest absolute Gasteiger partial charge is 0.351 e. The van der Waals surface area contributed by atoms with Crippen LogP contribution in [0.15, 0.2) is 6.20 Å². The van der Waals surface area contributed by atoms with Crippen LogP contribution in [0.3, 0.4) is 0 Å². The van der Waals surface area contributed by atoms with Crippen LogP contribution in [0.2, 0.25) is 0 Å². The van der Waals surface area contributed by atoms with Crippen LogP contribution in [0.4, 0.5) is 0 Å². The molecule has 1 aromatic rings. The van der Waals surface area contributed by atoms with Crippen molar-refractivity contribution in [3.8, 4) is 0 Å². The van der Waals surface area contributed by atoms with E-state index >= 15 is 0 Å². The van der Waals surface area contributed by atoms with Crippen LogP contribution in [-0.2, 0) is 17.3 Å². The summed E-state index contributed by atoms with van der Waals surface area (Å²) in [6.07, 6.45) is 4.02. The normalized spacial score (nSPS) is 14.1. The Labute approximate surface area is 116 Å². The molecule has 0 saturated carbocycles. The minimum absolute atomic E-state index is 0.0588. The molecular formula is C12H22N4O2S. The molecule has 6 nitrogen and oxygen atoms in total. The standard InChI is InChI=1S/C12H22N4O2S/c1-9(19(3)18)7-14-12(17)11-8-15-16(10(11)2)6-4-5-13/h8-9H,4-7,13H2,1-3H3,(H,14,17). The maximum Gasteiger partial charge on any atom is 0.254 e. The molecule has 1 heterocycles. The fourth-order valence-corrected chi connectivity index (χ4v) is 1.90. The Kier molecular flexibility index (Phi) is 6.17. The van der Waals surface area contributed by atoms with Crippen molar-refractivity contribution in [3.63, 3.8) is 0 Å². The van der Waals surface area contributed by atoms with E-state index in [4.69, 9.17) is 5.73 Å². The molecule has 1 aromatic heterocycles. The lowest BCUT2D eigenvalue weighted by Crippen LogP contribution is -2.32. The number of hydrogen-bond donors (Lipinski definition) is 2. The number of carbonyl (C=O) groups excluding carboxylic acids is 1. The van der Waals surface area contributed by atoms with Crippen molar-refractivity contribution in [3.05, 3.63) is 17.5 Å². The Balaban J connectivity index is 2.62. The Morgan fingerprint density at radius 3 is 2.89 bits per heavy atom. The van der Waals surface area contributed by atoms with Gasteiger partial charge in [-0.1, -0.05) is 0 Å². The first kappa shape index (κ1) is 15.8. The molecule has 0 aliphatic carbocycles. The van der Waals surface area contributed by atoms with Gasteiger partial charge in [-0.2, -0.15) is 5.10 Å². The van der Waals surface area contributed by atoms with Crippen LogP contribution in [0, 0.1) is 6.92 Å². The second kappa shape index (κ2) is 7.40. The van der Waals surface area contributed by atoms with E-state index in [1.807, 2.05) is 13.8 Å². The predicted octanol–water partition coefficient (Wildman–Crippen LogP) is 0.0371. The van der Waals surface area contributed by atoms with Gasteiger partial charge in [0.1, 0.15) is 0 Å². The van der Waals surface area contributed by atoms with Gasteiger partial charge in [-0.3, -0.25) is 13.7 Å². The van der Waals surface area contributed by atoms with E-state index in [-0.39, 0.29) is 11.2 Å². The Hall–Kier alpha value is -1.21. The number of aryl methyl sites for hydroxylation is 1. The molecule has 7 heteroatoms. The molecule has 0 aliphatic rings. The number of aromatic nitrogens is 2. The molecule has 2 atom stereocenters. The topological polar surface area (TPSA) is 90.0 Å². The Morgan fingerprint density at radius 2 is 2.32 bits per heavy atom. The monoisotopic (exact) mass is 286 g/mol. The molecule has 108 valence electrons. The van der Waals surface area contributed by atoms with Crippen LogP contribution in [0.5, 0.6) is 0 Å². The summed E-state index contributed by atoms with van der Waals surface area (Å²) in [5.41, 5.74) is 6.84. The van der Waals surface area contributed by atoms with Gasteiger partial charge in [0, 0.05) is 41.1 Å². The van der Waals surface area contributed by atoms with E-state index in [0.717, 1.165) is 12.1 Å². The molecule has 0 spiro atoms. The van der Waals surface area contributed by atoms with Gasteiger partial charge in [0.25, 0.3) is 5.91 Å². The summed E-state index contributed by atoms with van der Waals surface area (Å²) >= 11 is 0. The third-order valence-electron chi connectivity index (χ3n) is 3.04. The number of rotatable bonds is 7. The maximum absolute atomic E-state index is 12.0. The highest BCUT2D eigenvalue weighted by molar-refractivity contribution is 7.84. The summed E-state index contributed by atoms with van der Waals surface area (Å²) in [7, 11) is -0.937. The minimum atomic E-state index is -0.937. The van der Waals surface area contributed by atoms with Crippen LogP contribution in [0.25, 0.3) is 0 Å². The number of amides is 1. The van der Waals surface area contributed by atoms with Crippen LogP contribution in [-0.4, -0.2) is 44.5 Å². The minimum Gasteiger partial charge on any atom is -0.351 e. The van der Waals surface area contributed by atoms with Crippen molar-refractivity contribution in [1.29, 1.82) is 0 Å². The number of nitrogens with two attached hydrogens (primary N) is 1. The second-order valence-corrected chi connectivity index (χ2v) is 6.33. The van der Waals surface area contributed by atoms with Crippen molar-refractivity contribution in [1.82, 2.24) is 15.1 Å². The number of nitrogens with one attached hydrogen (secondary N) is 1. The van der Waals surface area contributed by atoms with E-state index in [9.17, 15) is 9.00 Å². The molecule has 0 fully saturated rings. The van der Waals surface area contributed by atoms with Crippen molar-refractivity contribution < 1.29 is 9.00 Å². The molecule has 1 amide bonds. The Morgan fingerprint density at radius 1 is 1.63 bits per heavy atom. The van der Waals surface area contributed by atoms with Gasteiger partial charge >= 0.3 is 0 Å². The molecule has 3 N–H and O–H groups in total. The van der Waals surface area contributed by atoms with E-state index < -0.39 is 10.8 Å². The molecular weight excluding hydrogens is 264 g/mol. The predicted molar refractivity (Wildman–Crippen MR) is 76.5 cm³/mol. The summed E-state index contributed by atoms with van der Waals surface area (Å²) < 4.78 is 13.0. The smallest absolute Gasteiger partial charge is 0.254 e. The van der Waals surface area contributed by atoms with Crippen LogP contribution >= 0.6 is 0 Å². The zero-order valence-corrected chi connectivity index (χ0v) is 12.5. The summed E-state index contributed by atoms with van der Waals surface area (Å²) in [5, 5.41) is 6.90. The van der Waals surface area contributed by atoms with Gasteiger partial charge in [0.05, 0.1) is 11.8 Å². The number of nitrogens with zero attached hydrogens (tertiary/aromatic N) is 2. The second-order valence-electron chi connectivity index (χ2n) is 4.53. The highest BCUT2D eigenvalue weighted by Gasteiger charge is 2.15. The zero-order valence-electron chi connectivity index (χ0n) is 11.7. The summed E-state index contributed by atoms with van der Waals surface area (Å²) in [5.74, 6) is -0.172. The first-order chi connectivity index (χ1) is 8.97. The molecule has 2 unspecified atom stereocenters.